The highest BCUT2D eigenvalue weighted by atomic mass is 32.1. The number of hydrogen-bond acceptors (Lipinski definition) is 7. The maximum absolute atomic E-state index is 12.1. The molecule has 22 heavy (non-hydrogen) atoms. The van der Waals surface area contributed by atoms with Crippen LogP contribution >= 0.6 is 11.3 Å². The number of aromatic nitrogens is 4. The van der Waals surface area contributed by atoms with Gasteiger partial charge in [0.15, 0.2) is 10.8 Å². The average molecular weight is 317 g/mol. The summed E-state index contributed by atoms with van der Waals surface area (Å²) in [7, 11) is 0. The molecule has 114 valence electrons. The van der Waals surface area contributed by atoms with Crippen LogP contribution in [0.2, 0.25) is 0 Å². The van der Waals surface area contributed by atoms with Gasteiger partial charge in [0, 0.05) is 31.1 Å². The fourth-order valence-electron chi connectivity index (χ4n) is 2.94. The van der Waals surface area contributed by atoms with E-state index >= 15 is 0 Å². The van der Waals surface area contributed by atoms with E-state index in [0.717, 1.165) is 35.9 Å². The van der Waals surface area contributed by atoms with Gasteiger partial charge >= 0.3 is 0 Å². The van der Waals surface area contributed by atoms with Crippen molar-refractivity contribution in [1.82, 2.24) is 24.4 Å². The highest BCUT2D eigenvalue weighted by molar-refractivity contribution is 7.15. The largest absolute Gasteiger partial charge is 0.340 e. The molecule has 0 bridgehead atoms. The van der Waals surface area contributed by atoms with E-state index in [2.05, 4.69) is 20.0 Å². The van der Waals surface area contributed by atoms with Crippen molar-refractivity contribution in [3.05, 3.63) is 45.4 Å². The Morgan fingerprint density at radius 3 is 3.18 bits per heavy atom. The van der Waals surface area contributed by atoms with Gasteiger partial charge in [0.2, 0.25) is 5.89 Å². The molecule has 1 aliphatic heterocycles. The van der Waals surface area contributed by atoms with Crippen LogP contribution in [-0.2, 0) is 6.54 Å². The molecule has 1 saturated heterocycles. The number of rotatable bonds is 3. The van der Waals surface area contributed by atoms with Gasteiger partial charge in [-0.2, -0.15) is 4.98 Å². The van der Waals surface area contributed by atoms with Crippen molar-refractivity contribution < 1.29 is 4.52 Å². The van der Waals surface area contributed by atoms with Crippen LogP contribution in [-0.4, -0.2) is 31.0 Å². The van der Waals surface area contributed by atoms with E-state index in [-0.39, 0.29) is 11.6 Å². The van der Waals surface area contributed by atoms with Crippen molar-refractivity contribution in [3.63, 3.8) is 0 Å². The fourth-order valence-corrected chi connectivity index (χ4v) is 3.67. The minimum absolute atomic E-state index is 0.0348. The Bertz CT molecular complexity index is 867. The Morgan fingerprint density at radius 1 is 1.45 bits per heavy atom. The van der Waals surface area contributed by atoms with Gasteiger partial charge < -0.3 is 4.52 Å². The van der Waals surface area contributed by atoms with Gasteiger partial charge in [-0.25, -0.2) is 4.98 Å². The molecule has 0 N–H and O–H groups in total. The van der Waals surface area contributed by atoms with Crippen LogP contribution in [0.5, 0.6) is 0 Å². The molecule has 7 nitrogen and oxygen atoms in total. The number of hydrogen-bond donors (Lipinski definition) is 0. The summed E-state index contributed by atoms with van der Waals surface area (Å²) >= 11 is 1.47. The number of fused-ring (bicyclic) bond motifs is 1. The minimum atomic E-state index is -0.0348. The van der Waals surface area contributed by atoms with Crippen LogP contribution < -0.4 is 5.56 Å². The second-order valence-corrected chi connectivity index (χ2v) is 6.31. The van der Waals surface area contributed by atoms with Crippen LogP contribution in [0, 0.1) is 6.92 Å². The van der Waals surface area contributed by atoms with Crippen molar-refractivity contribution in [2.45, 2.75) is 32.4 Å². The summed E-state index contributed by atoms with van der Waals surface area (Å²) in [5.41, 5.74) is 0.756. The molecule has 0 aliphatic carbocycles. The van der Waals surface area contributed by atoms with E-state index in [0.29, 0.717) is 12.4 Å². The Kier molecular flexibility index (Phi) is 3.27. The Morgan fingerprint density at radius 2 is 2.36 bits per heavy atom. The van der Waals surface area contributed by atoms with Crippen LogP contribution in [0.1, 0.15) is 36.3 Å². The van der Waals surface area contributed by atoms with E-state index in [1.165, 1.54) is 11.3 Å². The molecule has 3 aromatic rings. The summed E-state index contributed by atoms with van der Waals surface area (Å²) in [6.45, 7) is 3.37. The maximum Gasteiger partial charge on any atom is 0.258 e. The summed E-state index contributed by atoms with van der Waals surface area (Å²) in [4.78, 5) is 24.0. The van der Waals surface area contributed by atoms with Crippen molar-refractivity contribution in [2.75, 3.05) is 6.54 Å². The van der Waals surface area contributed by atoms with Crippen LogP contribution in [0.25, 0.3) is 4.96 Å². The molecule has 8 heteroatoms. The SMILES string of the molecule is Cc1nc([C@@H]2CCCN2Cc2cc(=O)n3ccsc3n2)no1. The summed E-state index contributed by atoms with van der Waals surface area (Å²) in [6.07, 6.45) is 3.83. The highest BCUT2D eigenvalue weighted by Gasteiger charge is 2.30. The Labute approximate surface area is 130 Å². The van der Waals surface area contributed by atoms with E-state index in [9.17, 15) is 4.79 Å². The lowest BCUT2D eigenvalue weighted by molar-refractivity contribution is 0.231. The molecule has 0 unspecified atom stereocenters. The molecule has 4 heterocycles. The molecule has 1 atom stereocenters. The lowest BCUT2D eigenvalue weighted by Crippen LogP contribution is -2.25. The van der Waals surface area contributed by atoms with Crippen molar-refractivity contribution >= 4 is 16.3 Å². The van der Waals surface area contributed by atoms with Gasteiger partial charge in [-0.1, -0.05) is 5.16 Å². The van der Waals surface area contributed by atoms with Gasteiger partial charge in [-0.15, -0.1) is 11.3 Å². The standard InChI is InChI=1S/C14H15N5O2S/c1-9-15-13(17-21-9)11-3-2-4-18(11)8-10-7-12(20)19-5-6-22-14(19)16-10/h5-7,11H,2-4,8H2,1H3/t11-/m0/s1. The lowest BCUT2D eigenvalue weighted by Gasteiger charge is -2.21. The second-order valence-electron chi connectivity index (χ2n) is 5.44. The topological polar surface area (TPSA) is 76.5 Å². The van der Waals surface area contributed by atoms with E-state index in [1.807, 2.05) is 5.38 Å². The molecule has 4 rings (SSSR count). The van der Waals surface area contributed by atoms with E-state index < -0.39 is 0 Å². The maximum atomic E-state index is 12.1. The predicted octanol–water partition coefficient (Wildman–Crippen LogP) is 1.78. The molecule has 1 aliphatic rings. The minimum Gasteiger partial charge on any atom is -0.340 e. The first-order valence-corrected chi connectivity index (χ1v) is 8.09. The van der Waals surface area contributed by atoms with Gasteiger partial charge in [0.1, 0.15) is 0 Å². The Balaban J connectivity index is 1.62. The Hall–Kier alpha value is -2.06. The second kappa shape index (κ2) is 5.29. The third kappa shape index (κ3) is 2.34. The molecule has 0 saturated carbocycles. The molecule has 0 aromatic carbocycles. The molecular formula is C14H15N5O2S. The summed E-state index contributed by atoms with van der Waals surface area (Å²) < 4.78 is 6.65. The zero-order chi connectivity index (χ0) is 15.1. The summed E-state index contributed by atoms with van der Waals surface area (Å²) in [5, 5.41) is 5.91. The molecule has 0 radical (unpaired) electrons. The molecule has 1 fully saturated rings. The number of aryl methyl sites for hydroxylation is 1. The molecule has 3 aromatic heterocycles. The third-order valence-corrected chi connectivity index (χ3v) is 4.68. The highest BCUT2D eigenvalue weighted by Crippen LogP contribution is 2.31. The molecule has 0 amide bonds. The first-order chi connectivity index (χ1) is 10.7. The number of likely N-dealkylation sites (tertiary alicyclic amines) is 1. The predicted molar refractivity (Wildman–Crippen MR) is 80.8 cm³/mol. The zero-order valence-electron chi connectivity index (χ0n) is 12.1. The third-order valence-electron chi connectivity index (χ3n) is 3.93. The summed E-state index contributed by atoms with van der Waals surface area (Å²) in [6, 6.07) is 1.75. The van der Waals surface area contributed by atoms with E-state index in [1.54, 1.807) is 23.6 Å². The first kappa shape index (κ1) is 13.6. The van der Waals surface area contributed by atoms with Crippen LogP contribution in [0.15, 0.2) is 27.0 Å². The normalized spacial score (nSPS) is 19.2. The monoisotopic (exact) mass is 317 g/mol. The molecule has 0 spiro atoms. The fraction of sp³-hybridized carbons (Fsp3) is 0.429. The van der Waals surface area contributed by atoms with Gasteiger partial charge in [0.25, 0.3) is 5.56 Å². The van der Waals surface area contributed by atoms with Crippen molar-refractivity contribution in [1.29, 1.82) is 0 Å². The van der Waals surface area contributed by atoms with Gasteiger partial charge in [-0.05, 0) is 19.4 Å². The lowest BCUT2D eigenvalue weighted by atomic mass is 10.2. The average Bonchev–Trinajstić information content (AvgIpc) is 3.19. The van der Waals surface area contributed by atoms with Crippen LogP contribution in [0.3, 0.4) is 0 Å². The van der Waals surface area contributed by atoms with E-state index in [4.69, 9.17) is 4.52 Å². The quantitative estimate of drug-likeness (QED) is 0.733. The van der Waals surface area contributed by atoms with Crippen molar-refractivity contribution in [2.24, 2.45) is 0 Å². The smallest absolute Gasteiger partial charge is 0.258 e. The molecular weight excluding hydrogens is 302 g/mol. The zero-order valence-corrected chi connectivity index (χ0v) is 12.9. The van der Waals surface area contributed by atoms with Gasteiger partial charge in [0.05, 0.1) is 11.7 Å². The number of thiazole rings is 1. The first-order valence-electron chi connectivity index (χ1n) is 7.21. The van der Waals surface area contributed by atoms with Crippen LogP contribution in [0.4, 0.5) is 0 Å². The van der Waals surface area contributed by atoms with Crippen molar-refractivity contribution in [3.8, 4) is 0 Å². The van der Waals surface area contributed by atoms with Gasteiger partial charge in [-0.3, -0.25) is 14.1 Å². The summed E-state index contributed by atoms with van der Waals surface area (Å²) in [5.74, 6) is 1.31. The number of nitrogens with zero attached hydrogens (tertiary/aromatic N) is 5.